The lowest BCUT2D eigenvalue weighted by molar-refractivity contribution is -0.129. The number of halogens is 3. The van der Waals surface area contributed by atoms with Crippen LogP contribution in [-0.2, 0) is 9.53 Å². The monoisotopic (exact) mass is 495 g/mol. The van der Waals surface area contributed by atoms with Crippen LogP contribution in [0.15, 0.2) is 56.0 Å². The Morgan fingerprint density at radius 1 is 1.22 bits per heavy atom. The van der Waals surface area contributed by atoms with Crippen molar-refractivity contribution in [3.05, 3.63) is 68.0 Å². The Labute approximate surface area is 173 Å². The van der Waals surface area contributed by atoms with Crippen LogP contribution in [0, 0.1) is 11.7 Å². The van der Waals surface area contributed by atoms with Crippen LogP contribution >= 0.6 is 31.9 Å². The maximum Gasteiger partial charge on any atom is 0.363 e. The molecule has 140 valence electrons. The molecule has 1 heterocycles. The first-order chi connectivity index (χ1) is 12.8. The minimum atomic E-state index is -0.624. The zero-order valence-electron chi connectivity index (χ0n) is 14.6. The predicted molar refractivity (Wildman–Crippen MR) is 109 cm³/mol. The second-order valence-electron chi connectivity index (χ2n) is 6.33. The van der Waals surface area contributed by atoms with E-state index in [2.05, 4.69) is 50.7 Å². The molecule has 0 fully saturated rings. The van der Waals surface area contributed by atoms with E-state index in [0.29, 0.717) is 18.3 Å². The van der Waals surface area contributed by atoms with Crippen LogP contribution in [0.5, 0.6) is 5.75 Å². The highest BCUT2D eigenvalue weighted by Gasteiger charge is 2.26. The minimum Gasteiger partial charge on any atom is -0.491 e. The summed E-state index contributed by atoms with van der Waals surface area (Å²) in [6.07, 6.45) is 1.58. The molecule has 0 radical (unpaired) electrons. The number of ether oxygens (including phenoxy) is 2. The topological polar surface area (TPSA) is 47.9 Å². The summed E-state index contributed by atoms with van der Waals surface area (Å²) < 4.78 is 26.3. The molecule has 4 nitrogen and oxygen atoms in total. The van der Waals surface area contributed by atoms with Gasteiger partial charge in [0.25, 0.3) is 0 Å². The van der Waals surface area contributed by atoms with Crippen molar-refractivity contribution < 1.29 is 18.7 Å². The van der Waals surface area contributed by atoms with Gasteiger partial charge < -0.3 is 9.47 Å². The third-order valence-electron chi connectivity index (χ3n) is 3.61. The van der Waals surface area contributed by atoms with E-state index in [1.807, 2.05) is 12.1 Å². The number of benzene rings is 2. The molecular formula is C20H16Br2FNO3. The lowest BCUT2D eigenvalue weighted by atomic mass is 10.2. The molecule has 1 aliphatic rings. The van der Waals surface area contributed by atoms with Gasteiger partial charge in [-0.3, -0.25) is 0 Å². The molecule has 0 bridgehead atoms. The van der Waals surface area contributed by atoms with Crippen molar-refractivity contribution in [1.82, 2.24) is 0 Å². The summed E-state index contributed by atoms with van der Waals surface area (Å²) >= 11 is 6.97. The zero-order chi connectivity index (χ0) is 19.6. The lowest BCUT2D eigenvalue weighted by Crippen LogP contribution is -2.07. The van der Waals surface area contributed by atoms with E-state index < -0.39 is 11.8 Å². The van der Waals surface area contributed by atoms with Gasteiger partial charge in [0, 0.05) is 0 Å². The number of esters is 1. The number of hydrogen-bond donors (Lipinski definition) is 0. The van der Waals surface area contributed by atoms with Crippen molar-refractivity contribution in [3.63, 3.8) is 0 Å². The Morgan fingerprint density at radius 2 is 1.89 bits per heavy atom. The summed E-state index contributed by atoms with van der Waals surface area (Å²) in [5.74, 6) is -0.0807. The van der Waals surface area contributed by atoms with Crippen LogP contribution < -0.4 is 4.74 Å². The molecule has 7 heteroatoms. The van der Waals surface area contributed by atoms with Gasteiger partial charge in [0.1, 0.15) is 11.6 Å². The fourth-order valence-electron chi connectivity index (χ4n) is 2.37. The molecule has 2 aromatic carbocycles. The minimum absolute atomic E-state index is 0.0423. The Morgan fingerprint density at radius 3 is 2.52 bits per heavy atom. The highest BCUT2D eigenvalue weighted by molar-refractivity contribution is 9.11. The fraction of sp³-hybridized carbons (Fsp3) is 0.200. The first-order valence-corrected chi connectivity index (χ1v) is 9.83. The molecule has 0 amide bonds. The standard InChI is InChI=1S/C20H16Br2FNO3/c1-11(2)10-26-18-14(21)7-12(8-15(18)22)9-17-20(25)27-19(24-17)13-5-3-4-6-16(13)23/h3-9,11H,10H2,1-2H3/b17-9-. The van der Waals surface area contributed by atoms with Crippen LogP contribution in [-0.4, -0.2) is 18.5 Å². The number of cyclic esters (lactones) is 1. The van der Waals surface area contributed by atoms with E-state index in [9.17, 15) is 9.18 Å². The van der Waals surface area contributed by atoms with E-state index in [1.165, 1.54) is 12.1 Å². The van der Waals surface area contributed by atoms with Gasteiger partial charge in [-0.2, -0.15) is 0 Å². The highest BCUT2D eigenvalue weighted by atomic mass is 79.9. The summed E-state index contributed by atoms with van der Waals surface area (Å²) in [6, 6.07) is 9.65. The van der Waals surface area contributed by atoms with Gasteiger partial charge >= 0.3 is 5.97 Å². The van der Waals surface area contributed by atoms with Crippen molar-refractivity contribution in [1.29, 1.82) is 0 Å². The second-order valence-corrected chi connectivity index (χ2v) is 8.04. The van der Waals surface area contributed by atoms with Crippen LogP contribution in [0.25, 0.3) is 6.08 Å². The van der Waals surface area contributed by atoms with Gasteiger partial charge in [0.2, 0.25) is 5.90 Å². The lowest BCUT2D eigenvalue weighted by Gasteiger charge is -2.13. The molecule has 3 rings (SSSR count). The van der Waals surface area contributed by atoms with Crippen LogP contribution in [0.3, 0.4) is 0 Å². The van der Waals surface area contributed by atoms with Crippen molar-refractivity contribution in [3.8, 4) is 5.75 Å². The quantitative estimate of drug-likeness (QED) is 0.392. The average Bonchev–Trinajstić information content (AvgIpc) is 2.94. The number of hydrogen-bond acceptors (Lipinski definition) is 4. The first-order valence-electron chi connectivity index (χ1n) is 8.24. The van der Waals surface area contributed by atoms with Crippen molar-refractivity contribution in [2.24, 2.45) is 10.9 Å². The van der Waals surface area contributed by atoms with Crippen LogP contribution in [0.1, 0.15) is 25.0 Å². The third kappa shape index (κ3) is 4.65. The molecule has 0 saturated carbocycles. The number of rotatable bonds is 5. The molecule has 0 N–H and O–H groups in total. The van der Waals surface area contributed by atoms with Crippen LogP contribution in [0.4, 0.5) is 4.39 Å². The van der Waals surface area contributed by atoms with Gasteiger partial charge in [-0.15, -0.1) is 0 Å². The summed E-state index contributed by atoms with van der Waals surface area (Å²) in [5.41, 5.74) is 0.966. The number of carbonyl (C=O) groups excluding carboxylic acids is 1. The third-order valence-corrected chi connectivity index (χ3v) is 4.79. The molecule has 0 saturated heterocycles. The van der Waals surface area contributed by atoms with E-state index in [-0.39, 0.29) is 17.2 Å². The van der Waals surface area contributed by atoms with Crippen molar-refractivity contribution >= 4 is 49.8 Å². The maximum absolute atomic E-state index is 13.9. The average molecular weight is 497 g/mol. The van der Waals surface area contributed by atoms with Gasteiger partial charge in [-0.25, -0.2) is 14.2 Å². The van der Waals surface area contributed by atoms with Crippen molar-refractivity contribution in [2.75, 3.05) is 6.61 Å². The smallest absolute Gasteiger partial charge is 0.363 e. The van der Waals surface area contributed by atoms with E-state index in [4.69, 9.17) is 9.47 Å². The molecule has 27 heavy (non-hydrogen) atoms. The summed E-state index contributed by atoms with van der Waals surface area (Å²) in [5, 5.41) is 0. The van der Waals surface area contributed by atoms with E-state index in [0.717, 1.165) is 14.5 Å². The Bertz CT molecular complexity index is 931. The molecule has 0 unspecified atom stereocenters. The Balaban J connectivity index is 1.90. The Hall–Kier alpha value is -1.99. The number of nitrogens with zero attached hydrogens (tertiary/aromatic N) is 1. The predicted octanol–water partition coefficient (Wildman–Crippen LogP) is 5.73. The number of carbonyl (C=O) groups is 1. The molecule has 0 atom stereocenters. The zero-order valence-corrected chi connectivity index (χ0v) is 17.8. The molecule has 0 spiro atoms. The first kappa shape index (κ1) is 19.8. The summed E-state index contributed by atoms with van der Waals surface area (Å²) in [4.78, 5) is 16.3. The van der Waals surface area contributed by atoms with Gasteiger partial charge in [-0.1, -0.05) is 26.0 Å². The summed E-state index contributed by atoms with van der Waals surface area (Å²) in [6.45, 7) is 4.72. The van der Waals surface area contributed by atoms with Crippen molar-refractivity contribution in [2.45, 2.75) is 13.8 Å². The maximum atomic E-state index is 13.9. The van der Waals surface area contributed by atoms with Gasteiger partial charge in [0.05, 0.1) is 21.1 Å². The molecular weight excluding hydrogens is 481 g/mol. The van der Waals surface area contributed by atoms with E-state index >= 15 is 0 Å². The number of aliphatic imine (C=N–C) groups is 1. The Kier molecular flexibility index (Phi) is 6.11. The van der Waals surface area contributed by atoms with Gasteiger partial charge in [-0.05, 0) is 73.7 Å². The molecule has 1 aliphatic heterocycles. The normalized spacial score (nSPS) is 15.3. The summed E-state index contributed by atoms with van der Waals surface area (Å²) in [7, 11) is 0. The molecule has 2 aromatic rings. The second kappa shape index (κ2) is 8.35. The molecule has 0 aliphatic carbocycles. The van der Waals surface area contributed by atoms with Crippen LogP contribution in [0.2, 0.25) is 0 Å². The van der Waals surface area contributed by atoms with Gasteiger partial charge in [0.15, 0.2) is 5.70 Å². The SMILES string of the molecule is CC(C)COc1c(Br)cc(/C=C2\N=C(c3ccccc3F)OC2=O)cc1Br. The van der Waals surface area contributed by atoms with E-state index in [1.54, 1.807) is 18.2 Å². The fourth-order valence-corrected chi connectivity index (χ4v) is 3.82. The largest absolute Gasteiger partial charge is 0.491 e. The molecule has 0 aromatic heterocycles. The highest BCUT2D eigenvalue weighted by Crippen LogP contribution is 2.36.